The van der Waals surface area contributed by atoms with Crippen molar-refractivity contribution < 1.29 is 23.4 Å². The van der Waals surface area contributed by atoms with Crippen molar-refractivity contribution in [2.24, 2.45) is 0 Å². The fourth-order valence-electron chi connectivity index (χ4n) is 4.64. The van der Waals surface area contributed by atoms with Crippen LogP contribution in [0.5, 0.6) is 5.75 Å². The molecule has 196 valence electrons. The third kappa shape index (κ3) is 5.96. The first-order valence-corrected chi connectivity index (χ1v) is 13.6. The summed E-state index contributed by atoms with van der Waals surface area (Å²) in [5.74, 6) is -4.48. The summed E-state index contributed by atoms with van der Waals surface area (Å²) >= 11 is 6.79. The molecule has 0 saturated heterocycles. The van der Waals surface area contributed by atoms with Crippen molar-refractivity contribution in [2.45, 2.75) is 48.6 Å². The maximum Gasteiger partial charge on any atom is 0.328 e. The molecule has 0 heterocycles. The van der Waals surface area contributed by atoms with Gasteiger partial charge in [-0.1, -0.05) is 60.1 Å². The van der Waals surface area contributed by atoms with Gasteiger partial charge >= 0.3 is 5.97 Å². The molecular formula is C30H26ClF2NO3S. The highest BCUT2D eigenvalue weighted by molar-refractivity contribution is 7.97. The Morgan fingerprint density at radius 3 is 2.18 bits per heavy atom. The van der Waals surface area contributed by atoms with Gasteiger partial charge < -0.3 is 9.84 Å². The minimum Gasteiger partial charge on any atom is -0.490 e. The molecule has 0 radical (unpaired) electrons. The summed E-state index contributed by atoms with van der Waals surface area (Å²) in [6.07, 6.45) is 4.78. The summed E-state index contributed by atoms with van der Waals surface area (Å²) in [4.78, 5) is 12.5. The topological polar surface area (TPSA) is 58.6 Å². The third-order valence-electron chi connectivity index (χ3n) is 6.74. The molecule has 4 aromatic carbocycles. The maximum atomic E-state index is 15.3. The zero-order valence-corrected chi connectivity index (χ0v) is 21.9. The van der Waals surface area contributed by atoms with Crippen LogP contribution in [0.1, 0.15) is 31.2 Å². The van der Waals surface area contributed by atoms with Gasteiger partial charge in [-0.25, -0.2) is 4.72 Å². The van der Waals surface area contributed by atoms with Crippen LogP contribution in [0.4, 0.5) is 8.78 Å². The monoisotopic (exact) mass is 553 g/mol. The Kier molecular flexibility index (Phi) is 7.88. The summed E-state index contributed by atoms with van der Waals surface area (Å²) in [5, 5.41) is 12.1. The second kappa shape index (κ2) is 11.3. The molecular weight excluding hydrogens is 528 g/mol. The number of rotatable bonds is 9. The summed E-state index contributed by atoms with van der Waals surface area (Å²) in [7, 11) is 0. The van der Waals surface area contributed by atoms with E-state index in [0.29, 0.717) is 9.92 Å². The molecule has 1 saturated carbocycles. The second-order valence-electron chi connectivity index (χ2n) is 9.39. The maximum absolute atomic E-state index is 15.3. The molecule has 2 N–H and O–H groups in total. The van der Waals surface area contributed by atoms with Crippen molar-refractivity contribution in [1.82, 2.24) is 4.72 Å². The average Bonchev–Trinajstić information content (AvgIpc) is 3.42. The molecule has 0 spiro atoms. The minimum absolute atomic E-state index is 0.259. The number of fused-ring (bicyclic) bond motifs is 1. The van der Waals surface area contributed by atoms with E-state index in [1.54, 1.807) is 42.5 Å². The number of alkyl halides is 2. The fraction of sp³-hybridized carbons (Fsp3) is 0.233. The molecule has 0 aromatic heterocycles. The van der Waals surface area contributed by atoms with Crippen LogP contribution < -0.4 is 9.46 Å². The lowest BCUT2D eigenvalue weighted by molar-refractivity contribution is -0.150. The Bertz CT molecular complexity index is 1420. The normalized spacial score (nSPS) is 15.0. The van der Waals surface area contributed by atoms with Crippen LogP contribution in [0.25, 0.3) is 21.9 Å². The summed E-state index contributed by atoms with van der Waals surface area (Å²) in [5.41, 5.74) is 1.16. The van der Waals surface area contributed by atoms with E-state index in [-0.39, 0.29) is 11.7 Å². The van der Waals surface area contributed by atoms with Gasteiger partial charge in [0, 0.05) is 15.5 Å². The van der Waals surface area contributed by atoms with Crippen molar-refractivity contribution in [1.29, 1.82) is 0 Å². The lowest BCUT2D eigenvalue weighted by atomic mass is 9.98. The van der Waals surface area contributed by atoms with Gasteiger partial charge in [0.05, 0.1) is 6.10 Å². The smallest absolute Gasteiger partial charge is 0.328 e. The first-order valence-electron chi connectivity index (χ1n) is 12.4. The van der Waals surface area contributed by atoms with E-state index in [2.05, 4.69) is 4.72 Å². The second-order valence-corrected chi connectivity index (χ2v) is 10.7. The zero-order valence-electron chi connectivity index (χ0n) is 20.4. The number of aliphatic carboxylic acids is 1. The van der Waals surface area contributed by atoms with Crippen molar-refractivity contribution in [3.63, 3.8) is 0 Å². The molecule has 0 amide bonds. The van der Waals surface area contributed by atoms with Gasteiger partial charge in [0.2, 0.25) is 0 Å². The number of nitrogens with one attached hydrogen (secondary N) is 1. The van der Waals surface area contributed by atoms with E-state index in [0.717, 1.165) is 52.4 Å². The molecule has 1 aliphatic carbocycles. The molecule has 8 heteroatoms. The van der Waals surface area contributed by atoms with Crippen LogP contribution in [-0.2, 0) is 10.7 Å². The predicted molar refractivity (Wildman–Crippen MR) is 148 cm³/mol. The summed E-state index contributed by atoms with van der Waals surface area (Å²) in [6, 6.07) is 21.8. The molecule has 38 heavy (non-hydrogen) atoms. The van der Waals surface area contributed by atoms with Crippen LogP contribution >= 0.6 is 23.5 Å². The predicted octanol–water partition coefficient (Wildman–Crippen LogP) is 8.32. The summed E-state index contributed by atoms with van der Waals surface area (Å²) in [6.45, 7) is 0. The Balaban J connectivity index is 1.28. The molecule has 0 bridgehead atoms. The molecule has 1 unspecified atom stereocenters. The standard InChI is InChI=1S/C30H26ClF2NO3S/c31-24-13-7-20(8-14-24)19-5-11-23(12-6-19)30(32,33)28(29(35)36)34-38-27-16-10-21-17-26(15-9-22(21)18-27)37-25-3-1-2-4-25/h5-18,25,28,34H,1-4H2,(H,35,36). The average molecular weight is 554 g/mol. The number of carboxylic acids is 1. The van der Waals surface area contributed by atoms with E-state index < -0.39 is 17.9 Å². The lowest BCUT2D eigenvalue weighted by Gasteiger charge is -2.24. The number of ether oxygens (including phenoxy) is 1. The van der Waals surface area contributed by atoms with Crippen molar-refractivity contribution in [2.75, 3.05) is 0 Å². The number of benzene rings is 4. The quantitative estimate of drug-likeness (QED) is 0.204. The van der Waals surface area contributed by atoms with Crippen LogP contribution in [0.2, 0.25) is 5.02 Å². The van der Waals surface area contributed by atoms with E-state index in [4.69, 9.17) is 16.3 Å². The van der Waals surface area contributed by atoms with Gasteiger partial charge in [-0.3, -0.25) is 4.79 Å². The lowest BCUT2D eigenvalue weighted by Crippen LogP contribution is -2.46. The molecule has 1 aliphatic rings. The number of carbonyl (C=O) groups is 1. The number of carboxylic acid groups (broad SMARTS) is 1. The molecule has 5 rings (SSSR count). The van der Waals surface area contributed by atoms with Crippen LogP contribution in [0.15, 0.2) is 89.8 Å². The van der Waals surface area contributed by atoms with Crippen molar-refractivity contribution in [3.05, 3.63) is 95.5 Å². The first-order chi connectivity index (χ1) is 18.3. The van der Waals surface area contributed by atoms with E-state index in [1.165, 1.54) is 25.0 Å². The Morgan fingerprint density at radius 2 is 1.53 bits per heavy atom. The summed E-state index contributed by atoms with van der Waals surface area (Å²) < 4.78 is 39.2. The molecule has 0 aliphatic heterocycles. The number of halogens is 3. The van der Waals surface area contributed by atoms with Gasteiger partial charge in [0.1, 0.15) is 5.75 Å². The number of hydrogen-bond donors (Lipinski definition) is 2. The van der Waals surface area contributed by atoms with Gasteiger partial charge in [0.15, 0.2) is 6.04 Å². The minimum atomic E-state index is -3.65. The van der Waals surface area contributed by atoms with Crippen molar-refractivity contribution >= 4 is 40.3 Å². The SMILES string of the molecule is O=C(O)C(NSc1ccc2cc(OC3CCCC3)ccc2c1)C(F)(F)c1ccc(-c2ccc(Cl)cc2)cc1. The molecule has 4 aromatic rings. The van der Waals surface area contributed by atoms with Gasteiger partial charge in [-0.05, 0) is 95.9 Å². The number of hydrogen-bond acceptors (Lipinski definition) is 4. The van der Waals surface area contributed by atoms with E-state index in [9.17, 15) is 9.90 Å². The fourth-order valence-corrected chi connectivity index (χ4v) is 5.59. The van der Waals surface area contributed by atoms with Gasteiger partial charge in [0.25, 0.3) is 5.92 Å². The molecule has 1 atom stereocenters. The Hall–Kier alpha value is -3.13. The van der Waals surface area contributed by atoms with Gasteiger partial charge in [-0.2, -0.15) is 8.78 Å². The van der Waals surface area contributed by atoms with Crippen molar-refractivity contribution in [3.8, 4) is 16.9 Å². The molecule has 1 fully saturated rings. The van der Waals surface area contributed by atoms with Crippen LogP contribution in [-0.4, -0.2) is 23.2 Å². The first kappa shape index (κ1) is 26.5. The third-order valence-corrected chi connectivity index (χ3v) is 7.83. The zero-order chi connectivity index (χ0) is 26.7. The highest BCUT2D eigenvalue weighted by Gasteiger charge is 2.46. The highest BCUT2D eigenvalue weighted by Crippen LogP contribution is 2.36. The Labute approximate surface area is 229 Å². The highest BCUT2D eigenvalue weighted by atomic mass is 35.5. The largest absolute Gasteiger partial charge is 0.490 e. The van der Waals surface area contributed by atoms with Crippen LogP contribution in [0.3, 0.4) is 0 Å². The Morgan fingerprint density at radius 1 is 0.921 bits per heavy atom. The van der Waals surface area contributed by atoms with E-state index >= 15 is 8.78 Å². The molecule has 4 nitrogen and oxygen atoms in total. The van der Waals surface area contributed by atoms with E-state index in [1.807, 2.05) is 30.3 Å². The van der Waals surface area contributed by atoms with Crippen LogP contribution in [0, 0.1) is 0 Å². The van der Waals surface area contributed by atoms with Gasteiger partial charge in [-0.15, -0.1) is 0 Å².